The molecule has 0 unspecified atom stereocenters. The number of benzene rings is 2. The lowest BCUT2D eigenvalue weighted by Gasteiger charge is -2.25. The first-order valence-electron chi connectivity index (χ1n) is 11.6. The maximum atomic E-state index is 13.4. The van der Waals surface area contributed by atoms with Gasteiger partial charge in [-0.15, -0.1) is 0 Å². The van der Waals surface area contributed by atoms with Crippen molar-refractivity contribution in [2.75, 3.05) is 18.4 Å². The smallest absolute Gasteiger partial charge is 0.248 e. The normalized spacial score (nSPS) is 15.5. The SMILES string of the molecule is CC[C@H](NC(=O)Cc1cc(F)cc(F)c1)C(=O)Nc1nc2ccc(S(=O)(=O)N3CCCCC3)cc2s1. The highest BCUT2D eigenvalue weighted by Gasteiger charge is 2.27. The molecule has 1 fully saturated rings. The predicted octanol–water partition coefficient (Wildman–Crippen LogP) is 3.83. The first-order chi connectivity index (χ1) is 17.2. The quantitative estimate of drug-likeness (QED) is 0.455. The van der Waals surface area contributed by atoms with Gasteiger partial charge in [0.15, 0.2) is 5.13 Å². The zero-order valence-electron chi connectivity index (χ0n) is 19.6. The second kappa shape index (κ2) is 11.0. The molecule has 1 aliphatic heterocycles. The number of rotatable bonds is 8. The Morgan fingerprint density at radius 3 is 2.44 bits per heavy atom. The molecule has 0 spiro atoms. The second-order valence-corrected chi connectivity index (χ2v) is 11.6. The van der Waals surface area contributed by atoms with Gasteiger partial charge in [-0.1, -0.05) is 24.7 Å². The lowest BCUT2D eigenvalue weighted by atomic mass is 10.1. The molecular weight excluding hydrogens is 510 g/mol. The third-order valence-electron chi connectivity index (χ3n) is 5.89. The Bertz CT molecular complexity index is 1370. The summed E-state index contributed by atoms with van der Waals surface area (Å²) in [4.78, 5) is 29.7. The summed E-state index contributed by atoms with van der Waals surface area (Å²) in [5, 5.41) is 5.50. The molecule has 2 aromatic carbocycles. The van der Waals surface area contributed by atoms with E-state index in [2.05, 4.69) is 15.6 Å². The van der Waals surface area contributed by atoms with Crippen LogP contribution in [-0.4, -0.2) is 48.7 Å². The fourth-order valence-corrected chi connectivity index (χ4v) is 6.59. The highest BCUT2D eigenvalue weighted by molar-refractivity contribution is 7.89. The summed E-state index contributed by atoms with van der Waals surface area (Å²) in [6, 6.07) is 6.63. The molecule has 12 heteroatoms. The summed E-state index contributed by atoms with van der Waals surface area (Å²) in [6.07, 6.45) is 2.69. The number of halogens is 2. The van der Waals surface area contributed by atoms with E-state index in [0.29, 0.717) is 29.4 Å². The van der Waals surface area contributed by atoms with Gasteiger partial charge in [0, 0.05) is 19.2 Å². The van der Waals surface area contributed by atoms with Crippen LogP contribution in [0.1, 0.15) is 38.2 Å². The van der Waals surface area contributed by atoms with Crippen molar-refractivity contribution in [2.24, 2.45) is 0 Å². The average molecular weight is 537 g/mol. The molecule has 2 amide bonds. The van der Waals surface area contributed by atoms with Gasteiger partial charge in [-0.05, 0) is 55.2 Å². The van der Waals surface area contributed by atoms with Crippen molar-refractivity contribution >= 4 is 48.5 Å². The molecule has 2 N–H and O–H groups in total. The van der Waals surface area contributed by atoms with E-state index >= 15 is 0 Å². The number of sulfonamides is 1. The molecule has 1 aromatic heterocycles. The fraction of sp³-hybridized carbons (Fsp3) is 0.375. The number of nitrogens with one attached hydrogen (secondary N) is 2. The van der Waals surface area contributed by atoms with Gasteiger partial charge in [0.05, 0.1) is 21.5 Å². The van der Waals surface area contributed by atoms with Crippen molar-refractivity contribution in [3.8, 4) is 0 Å². The number of aromatic nitrogens is 1. The van der Waals surface area contributed by atoms with E-state index < -0.39 is 39.5 Å². The molecule has 192 valence electrons. The minimum absolute atomic E-state index is 0.154. The third kappa shape index (κ3) is 6.05. The maximum absolute atomic E-state index is 13.4. The minimum atomic E-state index is -3.60. The number of fused-ring (bicyclic) bond motifs is 1. The number of thiazole rings is 1. The molecule has 0 radical (unpaired) electrons. The van der Waals surface area contributed by atoms with E-state index in [1.54, 1.807) is 19.1 Å². The van der Waals surface area contributed by atoms with Gasteiger partial charge in [0.2, 0.25) is 21.8 Å². The van der Waals surface area contributed by atoms with Gasteiger partial charge in [-0.2, -0.15) is 4.31 Å². The Kier molecular flexibility index (Phi) is 7.96. The van der Waals surface area contributed by atoms with Crippen LogP contribution >= 0.6 is 11.3 Å². The lowest BCUT2D eigenvalue weighted by Crippen LogP contribution is -2.44. The number of amides is 2. The van der Waals surface area contributed by atoms with E-state index in [1.807, 2.05) is 0 Å². The van der Waals surface area contributed by atoms with Gasteiger partial charge in [-0.3, -0.25) is 9.59 Å². The van der Waals surface area contributed by atoms with Crippen molar-refractivity contribution in [1.29, 1.82) is 0 Å². The number of carbonyl (C=O) groups excluding carboxylic acids is 2. The largest absolute Gasteiger partial charge is 0.344 e. The highest BCUT2D eigenvalue weighted by Crippen LogP contribution is 2.30. The molecular formula is C24H26F2N4O4S2. The van der Waals surface area contributed by atoms with Gasteiger partial charge in [0.25, 0.3) is 0 Å². The van der Waals surface area contributed by atoms with Gasteiger partial charge < -0.3 is 10.6 Å². The number of anilines is 1. The lowest BCUT2D eigenvalue weighted by molar-refractivity contribution is -0.126. The summed E-state index contributed by atoms with van der Waals surface area (Å²) in [6.45, 7) is 2.72. The molecule has 1 aliphatic rings. The fourth-order valence-electron chi connectivity index (χ4n) is 4.06. The summed E-state index contributed by atoms with van der Waals surface area (Å²) < 4.78 is 54.8. The topological polar surface area (TPSA) is 108 Å². The molecule has 3 aromatic rings. The first-order valence-corrected chi connectivity index (χ1v) is 13.9. The Morgan fingerprint density at radius 1 is 1.08 bits per heavy atom. The monoisotopic (exact) mass is 536 g/mol. The average Bonchev–Trinajstić information content (AvgIpc) is 3.23. The first kappa shape index (κ1) is 26.1. The Labute approximate surface area is 211 Å². The number of carbonyl (C=O) groups is 2. The summed E-state index contributed by atoms with van der Waals surface area (Å²) in [5.74, 6) is -2.63. The molecule has 0 saturated carbocycles. The van der Waals surface area contributed by atoms with Crippen molar-refractivity contribution in [2.45, 2.75) is 50.0 Å². The van der Waals surface area contributed by atoms with Crippen LogP contribution in [0, 0.1) is 11.6 Å². The van der Waals surface area contributed by atoms with Crippen LogP contribution in [0.5, 0.6) is 0 Å². The Balaban J connectivity index is 1.43. The molecule has 2 heterocycles. The van der Waals surface area contributed by atoms with Crippen LogP contribution < -0.4 is 10.6 Å². The van der Waals surface area contributed by atoms with Gasteiger partial charge in [0.1, 0.15) is 17.7 Å². The zero-order valence-corrected chi connectivity index (χ0v) is 21.2. The predicted molar refractivity (Wildman–Crippen MR) is 133 cm³/mol. The van der Waals surface area contributed by atoms with Crippen molar-refractivity contribution in [1.82, 2.24) is 14.6 Å². The van der Waals surface area contributed by atoms with Crippen LogP contribution in [0.3, 0.4) is 0 Å². The number of piperidine rings is 1. The van der Waals surface area contributed by atoms with Crippen LogP contribution in [-0.2, 0) is 26.0 Å². The Hall–Kier alpha value is -2.96. The van der Waals surface area contributed by atoms with E-state index in [4.69, 9.17) is 0 Å². The van der Waals surface area contributed by atoms with Crippen molar-refractivity contribution < 1.29 is 26.8 Å². The van der Waals surface area contributed by atoms with E-state index in [-0.39, 0.29) is 28.4 Å². The molecule has 4 rings (SSSR count). The molecule has 36 heavy (non-hydrogen) atoms. The summed E-state index contributed by atoms with van der Waals surface area (Å²) in [5.41, 5.74) is 0.694. The molecule has 0 bridgehead atoms. The van der Waals surface area contributed by atoms with Crippen molar-refractivity contribution in [3.05, 3.63) is 53.6 Å². The third-order valence-corrected chi connectivity index (χ3v) is 8.72. The highest BCUT2D eigenvalue weighted by atomic mass is 32.2. The van der Waals surface area contributed by atoms with Crippen molar-refractivity contribution in [3.63, 3.8) is 0 Å². The summed E-state index contributed by atoms with van der Waals surface area (Å²) in [7, 11) is -3.60. The zero-order chi connectivity index (χ0) is 25.9. The molecule has 0 aliphatic carbocycles. The number of hydrogen-bond donors (Lipinski definition) is 2. The molecule has 1 atom stereocenters. The number of nitrogens with zero attached hydrogens (tertiary/aromatic N) is 2. The second-order valence-electron chi connectivity index (χ2n) is 8.59. The molecule has 1 saturated heterocycles. The van der Waals surface area contributed by atoms with Gasteiger partial charge in [-0.25, -0.2) is 22.2 Å². The summed E-state index contributed by atoms with van der Waals surface area (Å²) >= 11 is 1.13. The van der Waals surface area contributed by atoms with E-state index in [9.17, 15) is 26.8 Å². The van der Waals surface area contributed by atoms with Crippen LogP contribution in [0.15, 0.2) is 41.3 Å². The van der Waals surface area contributed by atoms with Gasteiger partial charge >= 0.3 is 0 Å². The minimum Gasteiger partial charge on any atom is -0.344 e. The van der Waals surface area contributed by atoms with Crippen LogP contribution in [0.4, 0.5) is 13.9 Å². The van der Waals surface area contributed by atoms with E-state index in [1.165, 1.54) is 10.4 Å². The standard InChI is InChI=1S/C24H26F2N4O4S2/c1-2-19(27-22(31)12-15-10-16(25)13-17(26)11-15)23(32)29-24-28-20-7-6-18(14-21(20)35-24)36(33,34)30-8-4-3-5-9-30/h6-7,10-11,13-14,19H,2-5,8-9,12H2,1H3,(H,27,31)(H,28,29,32)/t19-/m0/s1. The Morgan fingerprint density at radius 2 is 1.78 bits per heavy atom. The van der Waals surface area contributed by atoms with E-state index in [0.717, 1.165) is 42.7 Å². The number of hydrogen-bond acceptors (Lipinski definition) is 6. The molecule has 8 nitrogen and oxygen atoms in total. The van der Waals surface area contributed by atoms with Crippen LogP contribution in [0.25, 0.3) is 10.2 Å². The van der Waals surface area contributed by atoms with Crippen LogP contribution in [0.2, 0.25) is 0 Å². The maximum Gasteiger partial charge on any atom is 0.248 e.